The van der Waals surface area contributed by atoms with Gasteiger partial charge in [0.05, 0.1) is 4.92 Å². The number of rotatable bonds is 3. The number of nitro groups is 1. The van der Waals surface area contributed by atoms with Crippen molar-refractivity contribution >= 4 is 17.1 Å². The second-order valence-electron chi connectivity index (χ2n) is 4.97. The number of benzene rings is 1. The smallest absolute Gasteiger partial charge is 0.316 e. The molecule has 1 aromatic carbocycles. The fourth-order valence-electron chi connectivity index (χ4n) is 2.70. The zero-order chi connectivity index (χ0) is 13.8. The average molecular weight is 264 g/mol. The van der Waals surface area contributed by atoms with E-state index in [0.29, 0.717) is 17.4 Å². The maximum absolute atomic E-state index is 11.3. The van der Waals surface area contributed by atoms with Gasteiger partial charge in [-0.15, -0.1) is 0 Å². The summed E-state index contributed by atoms with van der Waals surface area (Å²) < 4.78 is 0. The first kappa shape index (κ1) is 13.6. The van der Waals surface area contributed by atoms with Gasteiger partial charge in [0, 0.05) is 12.6 Å². The van der Waals surface area contributed by atoms with Gasteiger partial charge >= 0.3 is 5.69 Å². The highest BCUT2D eigenvalue weighted by atomic mass is 16.6. The molecule has 0 radical (unpaired) electrons. The minimum Gasteiger partial charge on any atom is -0.363 e. The van der Waals surface area contributed by atoms with Crippen molar-refractivity contribution in [3.05, 3.63) is 28.3 Å². The lowest BCUT2D eigenvalue weighted by Gasteiger charge is -2.29. The zero-order valence-corrected chi connectivity index (χ0v) is 11.1. The second-order valence-corrected chi connectivity index (χ2v) is 4.97. The number of anilines is 2. The predicted octanol–water partition coefficient (Wildman–Crippen LogP) is 2.65. The minimum atomic E-state index is -0.359. The number of hydrogen-bond donors (Lipinski definition) is 2. The van der Waals surface area contributed by atoms with E-state index in [1.807, 2.05) is 0 Å². The molecule has 3 N–H and O–H groups in total. The highest BCUT2D eigenvalue weighted by Gasteiger charge is 2.27. The van der Waals surface area contributed by atoms with Gasteiger partial charge in [-0.2, -0.15) is 0 Å². The predicted molar refractivity (Wildman–Crippen MR) is 76.2 cm³/mol. The molecule has 1 aliphatic rings. The van der Waals surface area contributed by atoms with E-state index in [2.05, 4.69) is 17.2 Å². The zero-order valence-electron chi connectivity index (χ0n) is 11.1. The molecule has 1 atom stereocenters. The summed E-state index contributed by atoms with van der Waals surface area (Å²) in [6.45, 7) is 2.98. The van der Waals surface area contributed by atoms with Crippen LogP contribution in [0.15, 0.2) is 18.2 Å². The number of hydrogen-bond acceptors (Lipinski definition) is 5. The van der Waals surface area contributed by atoms with E-state index in [4.69, 9.17) is 5.84 Å². The van der Waals surface area contributed by atoms with Gasteiger partial charge in [0.1, 0.15) is 11.4 Å². The van der Waals surface area contributed by atoms with E-state index in [1.165, 1.54) is 12.8 Å². The highest BCUT2D eigenvalue weighted by Crippen LogP contribution is 2.37. The fraction of sp³-hybridized carbons (Fsp3) is 0.538. The molecule has 0 saturated carbocycles. The highest BCUT2D eigenvalue weighted by molar-refractivity contribution is 5.77. The second kappa shape index (κ2) is 5.88. The van der Waals surface area contributed by atoms with Crippen LogP contribution >= 0.6 is 0 Å². The van der Waals surface area contributed by atoms with Crippen molar-refractivity contribution < 1.29 is 4.92 Å². The molecule has 1 aliphatic heterocycles. The summed E-state index contributed by atoms with van der Waals surface area (Å²) in [6, 6.07) is 5.55. The van der Waals surface area contributed by atoms with Gasteiger partial charge in [-0.3, -0.25) is 16.0 Å². The molecule has 1 saturated heterocycles. The lowest BCUT2D eigenvalue weighted by Crippen LogP contribution is -2.33. The third-order valence-electron chi connectivity index (χ3n) is 3.72. The van der Waals surface area contributed by atoms with E-state index in [1.54, 1.807) is 18.2 Å². The van der Waals surface area contributed by atoms with E-state index in [-0.39, 0.29) is 10.6 Å². The first-order valence-corrected chi connectivity index (χ1v) is 6.66. The molecule has 1 heterocycles. The molecule has 2 rings (SSSR count). The van der Waals surface area contributed by atoms with E-state index in [0.717, 1.165) is 19.4 Å². The maximum Gasteiger partial charge on any atom is 0.316 e. The van der Waals surface area contributed by atoms with Crippen LogP contribution < -0.4 is 16.2 Å². The van der Waals surface area contributed by atoms with Crippen LogP contribution in [-0.2, 0) is 0 Å². The van der Waals surface area contributed by atoms with Gasteiger partial charge in [0.15, 0.2) is 0 Å². The quantitative estimate of drug-likeness (QED) is 0.498. The van der Waals surface area contributed by atoms with Gasteiger partial charge in [0.2, 0.25) is 0 Å². The van der Waals surface area contributed by atoms with Crippen LogP contribution in [-0.4, -0.2) is 17.5 Å². The Morgan fingerprint density at radius 3 is 2.89 bits per heavy atom. The first-order chi connectivity index (χ1) is 9.15. The summed E-state index contributed by atoms with van der Waals surface area (Å²) in [7, 11) is 0. The van der Waals surface area contributed by atoms with Gasteiger partial charge in [-0.25, -0.2) is 0 Å². The first-order valence-electron chi connectivity index (χ1n) is 6.66. The number of nitrogen functional groups attached to an aromatic ring is 1. The molecule has 0 amide bonds. The summed E-state index contributed by atoms with van der Waals surface area (Å²) in [5.74, 6) is 5.38. The van der Waals surface area contributed by atoms with Crippen LogP contribution in [0.5, 0.6) is 0 Å². The lowest BCUT2D eigenvalue weighted by atomic mass is 10.1. The Kier molecular flexibility index (Phi) is 4.21. The number of hydrazine groups is 1. The summed E-state index contributed by atoms with van der Waals surface area (Å²) >= 11 is 0. The Bertz CT molecular complexity index is 464. The van der Waals surface area contributed by atoms with Crippen LogP contribution in [0.25, 0.3) is 0 Å². The van der Waals surface area contributed by atoms with Crippen molar-refractivity contribution in [2.24, 2.45) is 5.84 Å². The molecular formula is C13H20N4O2. The van der Waals surface area contributed by atoms with Crippen LogP contribution in [0.1, 0.15) is 32.6 Å². The molecular weight excluding hydrogens is 244 g/mol. The Morgan fingerprint density at radius 2 is 2.21 bits per heavy atom. The molecule has 6 nitrogen and oxygen atoms in total. The Hall–Kier alpha value is -1.82. The summed E-state index contributed by atoms with van der Waals surface area (Å²) in [4.78, 5) is 13.1. The third-order valence-corrected chi connectivity index (χ3v) is 3.72. The van der Waals surface area contributed by atoms with Crippen LogP contribution in [0.2, 0.25) is 0 Å². The minimum absolute atomic E-state index is 0.0683. The molecule has 1 fully saturated rings. The Labute approximate surface area is 112 Å². The summed E-state index contributed by atoms with van der Waals surface area (Å²) in [5.41, 5.74) is 3.51. The number of nitrogens with two attached hydrogens (primary N) is 1. The number of para-hydroxylation sites is 1. The Balaban J connectivity index is 2.45. The number of nitrogens with zero attached hydrogens (tertiary/aromatic N) is 2. The SMILES string of the molecule is CC1CCCCCN1c1cccc(NN)c1[N+](=O)[O-]. The van der Waals surface area contributed by atoms with Gasteiger partial charge in [0.25, 0.3) is 0 Å². The standard InChI is InChI=1S/C13H20N4O2/c1-10-6-3-2-4-9-16(10)12-8-5-7-11(15-14)13(12)17(18)19/h5,7-8,10,15H,2-4,6,9,14H2,1H3. The number of nitro benzene ring substituents is 1. The average Bonchev–Trinajstić information content (AvgIpc) is 2.62. The molecule has 104 valence electrons. The molecule has 1 unspecified atom stereocenters. The maximum atomic E-state index is 11.3. The summed E-state index contributed by atoms with van der Waals surface area (Å²) in [6.07, 6.45) is 4.50. The molecule has 0 spiro atoms. The molecule has 6 heteroatoms. The number of nitrogens with one attached hydrogen (secondary N) is 1. The molecule has 0 aliphatic carbocycles. The van der Waals surface area contributed by atoms with Crippen molar-refractivity contribution in [3.63, 3.8) is 0 Å². The van der Waals surface area contributed by atoms with Crippen LogP contribution in [0.4, 0.5) is 17.1 Å². The summed E-state index contributed by atoms with van der Waals surface area (Å²) in [5, 5.41) is 11.3. The molecule has 19 heavy (non-hydrogen) atoms. The molecule has 0 aromatic heterocycles. The van der Waals surface area contributed by atoms with Crippen molar-refractivity contribution in [1.82, 2.24) is 0 Å². The largest absolute Gasteiger partial charge is 0.363 e. The topological polar surface area (TPSA) is 84.4 Å². The monoisotopic (exact) mass is 264 g/mol. The van der Waals surface area contributed by atoms with Crippen molar-refractivity contribution in [1.29, 1.82) is 0 Å². The molecule has 1 aromatic rings. The van der Waals surface area contributed by atoms with E-state index >= 15 is 0 Å². The molecule has 0 bridgehead atoms. The van der Waals surface area contributed by atoms with E-state index < -0.39 is 0 Å². The van der Waals surface area contributed by atoms with Crippen molar-refractivity contribution in [2.75, 3.05) is 16.9 Å². The van der Waals surface area contributed by atoms with Crippen molar-refractivity contribution in [3.8, 4) is 0 Å². The van der Waals surface area contributed by atoms with Gasteiger partial charge in [-0.1, -0.05) is 18.9 Å². The van der Waals surface area contributed by atoms with Crippen molar-refractivity contribution in [2.45, 2.75) is 38.6 Å². The van der Waals surface area contributed by atoms with E-state index in [9.17, 15) is 10.1 Å². The Morgan fingerprint density at radius 1 is 1.42 bits per heavy atom. The normalized spacial score (nSPS) is 19.9. The lowest BCUT2D eigenvalue weighted by molar-refractivity contribution is -0.383. The fourth-order valence-corrected chi connectivity index (χ4v) is 2.70. The van der Waals surface area contributed by atoms with Gasteiger partial charge < -0.3 is 10.3 Å². The third kappa shape index (κ3) is 2.78. The van der Waals surface area contributed by atoms with Crippen LogP contribution in [0, 0.1) is 10.1 Å². The van der Waals surface area contributed by atoms with Crippen LogP contribution in [0.3, 0.4) is 0 Å². The van der Waals surface area contributed by atoms with Gasteiger partial charge in [-0.05, 0) is 31.9 Å².